The Labute approximate surface area is 113 Å². The average Bonchev–Trinajstić information content (AvgIpc) is 2.39. The van der Waals surface area contributed by atoms with Gasteiger partial charge in [0.2, 0.25) is 0 Å². The van der Waals surface area contributed by atoms with E-state index in [0.717, 1.165) is 25.9 Å². The highest BCUT2D eigenvalue weighted by molar-refractivity contribution is 5.90. The van der Waals surface area contributed by atoms with Crippen molar-refractivity contribution in [3.63, 3.8) is 0 Å². The maximum atomic E-state index is 12.1. The van der Waals surface area contributed by atoms with Gasteiger partial charge in [-0.2, -0.15) is 0 Å². The number of nitrogens with two attached hydrogens (primary N) is 1. The summed E-state index contributed by atoms with van der Waals surface area (Å²) in [6.07, 6.45) is 2.14. The molecule has 5 heteroatoms. The van der Waals surface area contributed by atoms with E-state index in [1.165, 1.54) is 0 Å². The second-order valence-electron chi connectivity index (χ2n) is 5.06. The van der Waals surface area contributed by atoms with Crippen LogP contribution in [0.1, 0.15) is 19.8 Å². The summed E-state index contributed by atoms with van der Waals surface area (Å²) in [4.78, 5) is 13.9. The van der Waals surface area contributed by atoms with Crippen LogP contribution in [0.25, 0.3) is 0 Å². The van der Waals surface area contributed by atoms with Gasteiger partial charge in [0.1, 0.15) is 5.75 Å². The van der Waals surface area contributed by atoms with Crippen LogP contribution in [-0.2, 0) is 0 Å². The number of amides is 2. The predicted octanol–water partition coefficient (Wildman–Crippen LogP) is 2.54. The number of carbonyl (C=O) groups excluding carboxylic acids is 1. The number of ether oxygens (including phenoxy) is 1. The third kappa shape index (κ3) is 3.30. The van der Waals surface area contributed by atoms with Crippen molar-refractivity contribution in [3.05, 3.63) is 18.2 Å². The number of hydrogen-bond donors (Lipinski definition) is 2. The minimum absolute atomic E-state index is 0.0588. The molecule has 3 N–H and O–H groups in total. The molecule has 0 unspecified atom stereocenters. The largest absolute Gasteiger partial charge is 0.495 e. The van der Waals surface area contributed by atoms with Gasteiger partial charge in [-0.3, -0.25) is 0 Å². The first-order valence-electron chi connectivity index (χ1n) is 6.59. The van der Waals surface area contributed by atoms with E-state index in [-0.39, 0.29) is 6.03 Å². The van der Waals surface area contributed by atoms with Crippen molar-refractivity contribution in [1.29, 1.82) is 0 Å². The van der Waals surface area contributed by atoms with Gasteiger partial charge in [-0.05, 0) is 37.0 Å². The van der Waals surface area contributed by atoms with Crippen LogP contribution in [0.5, 0.6) is 5.75 Å². The molecule has 0 radical (unpaired) electrons. The van der Waals surface area contributed by atoms with Crippen LogP contribution in [0.15, 0.2) is 18.2 Å². The highest BCUT2D eigenvalue weighted by Gasteiger charge is 2.20. The first-order valence-corrected chi connectivity index (χ1v) is 6.59. The predicted molar refractivity (Wildman–Crippen MR) is 76.4 cm³/mol. The lowest BCUT2D eigenvalue weighted by Crippen LogP contribution is -2.40. The number of nitrogen functional groups attached to an aromatic ring is 1. The molecule has 2 amide bonds. The number of anilines is 2. The van der Waals surface area contributed by atoms with E-state index >= 15 is 0 Å². The molecule has 2 rings (SSSR count). The number of benzene rings is 1. The van der Waals surface area contributed by atoms with Crippen LogP contribution in [-0.4, -0.2) is 31.1 Å². The number of rotatable bonds is 2. The van der Waals surface area contributed by atoms with Gasteiger partial charge >= 0.3 is 6.03 Å². The number of hydrogen-bond acceptors (Lipinski definition) is 3. The Balaban J connectivity index is 1.97. The molecule has 0 atom stereocenters. The van der Waals surface area contributed by atoms with Crippen molar-refractivity contribution in [1.82, 2.24) is 4.90 Å². The van der Waals surface area contributed by atoms with Crippen molar-refractivity contribution >= 4 is 17.4 Å². The number of piperidine rings is 1. The lowest BCUT2D eigenvalue weighted by Gasteiger charge is -2.30. The first kappa shape index (κ1) is 13.5. The second kappa shape index (κ2) is 5.82. The highest BCUT2D eigenvalue weighted by atomic mass is 16.5. The molecule has 19 heavy (non-hydrogen) atoms. The molecule has 1 saturated heterocycles. The highest BCUT2D eigenvalue weighted by Crippen LogP contribution is 2.25. The summed E-state index contributed by atoms with van der Waals surface area (Å²) < 4.78 is 5.08. The summed E-state index contributed by atoms with van der Waals surface area (Å²) in [5, 5.41) is 2.87. The summed E-state index contributed by atoms with van der Waals surface area (Å²) in [7, 11) is 1.57. The quantitative estimate of drug-likeness (QED) is 0.806. The Hall–Kier alpha value is -1.91. The van der Waals surface area contributed by atoms with Crippen molar-refractivity contribution in [2.24, 2.45) is 5.92 Å². The third-order valence-electron chi connectivity index (χ3n) is 3.55. The Kier molecular flexibility index (Phi) is 4.14. The molecule has 0 aromatic heterocycles. The third-order valence-corrected chi connectivity index (χ3v) is 3.55. The Morgan fingerprint density at radius 3 is 2.68 bits per heavy atom. The molecule has 0 aliphatic carbocycles. The van der Waals surface area contributed by atoms with E-state index in [4.69, 9.17) is 10.5 Å². The van der Waals surface area contributed by atoms with Gasteiger partial charge in [0.05, 0.1) is 12.8 Å². The Morgan fingerprint density at radius 1 is 1.42 bits per heavy atom. The summed E-state index contributed by atoms with van der Waals surface area (Å²) >= 11 is 0. The van der Waals surface area contributed by atoms with Crippen LogP contribution in [0.2, 0.25) is 0 Å². The van der Waals surface area contributed by atoms with E-state index in [1.54, 1.807) is 25.3 Å². The number of urea groups is 1. The molecular weight excluding hydrogens is 242 g/mol. The standard InChI is InChI=1S/C14H21N3O2/c1-10-5-7-17(8-6-10)14(18)16-11-3-4-13(19-2)12(15)9-11/h3-4,9-10H,5-8,15H2,1-2H3,(H,16,18). The molecule has 0 saturated carbocycles. The van der Waals surface area contributed by atoms with Gasteiger partial charge in [-0.1, -0.05) is 6.92 Å². The first-order chi connectivity index (χ1) is 9.10. The Bertz CT molecular complexity index is 454. The van der Waals surface area contributed by atoms with E-state index < -0.39 is 0 Å². The fourth-order valence-corrected chi connectivity index (χ4v) is 2.23. The summed E-state index contributed by atoms with van der Waals surface area (Å²) in [6.45, 7) is 3.86. The molecule has 1 aromatic rings. The molecule has 1 aromatic carbocycles. The van der Waals surface area contributed by atoms with Gasteiger partial charge in [0.25, 0.3) is 0 Å². The number of carbonyl (C=O) groups is 1. The minimum Gasteiger partial charge on any atom is -0.495 e. The van der Waals surface area contributed by atoms with Crippen LogP contribution in [0.3, 0.4) is 0 Å². The smallest absolute Gasteiger partial charge is 0.321 e. The van der Waals surface area contributed by atoms with Gasteiger partial charge in [0.15, 0.2) is 0 Å². The molecule has 5 nitrogen and oxygen atoms in total. The zero-order valence-electron chi connectivity index (χ0n) is 11.5. The molecule has 1 aliphatic rings. The molecule has 1 fully saturated rings. The lowest BCUT2D eigenvalue weighted by molar-refractivity contribution is 0.186. The maximum Gasteiger partial charge on any atom is 0.321 e. The molecule has 104 valence electrons. The molecule has 1 heterocycles. The normalized spacial score (nSPS) is 16.2. The Morgan fingerprint density at radius 2 is 2.11 bits per heavy atom. The minimum atomic E-state index is -0.0588. The fourth-order valence-electron chi connectivity index (χ4n) is 2.23. The zero-order chi connectivity index (χ0) is 13.8. The van der Waals surface area contributed by atoms with Crippen LogP contribution in [0.4, 0.5) is 16.2 Å². The van der Waals surface area contributed by atoms with Crippen molar-refractivity contribution in [2.75, 3.05) is 31.2 Å². The topological polar surface area (TPSA) is 67.6 Å². The van der Waals surface area contributed by atoms with Crippen molar-refractivity contribution in [3.8, 4) is 5.75 Å². The van der Waals surface area contributed by atoms with Crippen molar-refractivity contribution < 1.29 is 9.53 Å². The van der Waals surface area contributed by atoms with Crippen molar-refractivity contribution in [2.45, 2.75) is 19.8 Å². The molecule has 1 aliphatic heterocycles. The molecular formula is C14H21N3O2. The SMILES string of the molecule is COc1ccc(NC(=O)N2CCC(C)CC2)cc1N. The van der Waals surface area contributed by atoms with Crippen LogP contribution < -0.4 is 15.8 Å². The number of methoxy groups -OCH3 is 1. The van der Waals surface area contributed by atoms with E-state index in [9.17, 15) is 4.79 Å². The van der Waals surface area contributed by atoms with E-state index in [2.05, 4.69) is 12.2 Å². The summed E-state index contributed by atoms with van der Waals surface area (Å²) in [5.41, 5.74) is 7.03. The molecule has 0 bridgehead atoms. The molecule has 0 spiro atoms. The number of likely N-dealkylation sites (tertiary alicyclic amines) is 1. The van der Waals surface area contributed by atoms with E-state index in [0.29, 0.717) is 23.0 Å². The monoisotopic (exact) mass is 263 g/mol. The zero-order valence-corrected chi connectivity index (χ0v) is 11.5. The van der Waals surface area contributed by atoms with Gasteiger partial charge in [0, 0.05) is 18.8 Å². The average molecular weight is 263 g/mol. The van der Waals surface area contributed by atoms with Crippen LogP contribution >= 0.6 is 0 Å². The van der Waals surface area contributed by atoms with Gasteiger partial charge < -0.3 is 20.7 Å². The lowest BCUT2D eigenvalue weighted by atomic mass is 10.00. The second-order valence-corrected chi connectivity index (χ2v) is 5.06. The van der Waals surface area contributed by atoms with Gasteiger partial charge in [-0.15, -0.1) is 0 Å². The number of nitrogens with zero attached hydrogens (tertiary/aromatic N) is 1. The van der Waals surface area contributed by atoms with E-state index in [1.807, 2.05) is 4.90 Å². The van der Waals surface area contributed by atoms with Gasteiger partial charge in [-0.25, -0.2) is 4.79 Å². The summed E-state index contributed by atoms with van der Waals surface area (Å²) in [5.74, 6) is 1.32. The maximum absolute atomic E-state index is 12.1. The fraction of sp³-hybridized carbons (Fsp3) is 0.500. The number of nitrogens with one attached hydrogen (secondary N) is 1. The van der Waals surface area contributed by atoms with Crippen LogP contribution in [0, 0.1) is 5.92 Å². The summed E-state index contributed by atoms with van der Waals surface area (Å²) in [6, 6.07) is 5.20.